The van der Waals surface area contributed by atoms with Crippen LogP contribution in [0.1, 0.15) is 11.1 Å². The smallest absolute Gasteiger partial charge is 0.271 e. The summed E-state index contributed by atoms with van der Waals surface area (Å²) in [7, 11) is 1.86. The van der Waals surface area contributed by atoms with Gasteiger partial charge in [0, 0.05) is 54.8 Å². The van der Waals surface area contributed by atoms with E-state index in [1.807, 2.05) is 26.2 Å². The fourth-order valence-corrected chi connectivity index (χ4v) is 2.58. The van der Waals surface area contributed by atoms with Crippen LogP contribution in [-0.2, 0) is 6.54 Å². The van der Waals surface area contributed by atoms with Gasteiger partial charge < -0.3 is 15.6 Å². The molecule has 0 aliphatic carbocycles. The van der Waals surface area contributed by atoms with Gasteiger partial charge in [-0.05, 0) is 18.6 Å². The molecule has 0 aliphatic heterocycles. The van der Waals surface area contributed by atoms with E-state index in [4.69, 9.17) is 0 Å². The highest BCUT2D eigenvalue weighted by atomic mass is 16.6. The van der Waals surface area contributed by atoms with Crippen molar-refractivity contribution in [1.82, 2.24) is 9.97 Å². The number of benzene rings is 1. The number of hydrogen-bond acceptors (Lipinski definition) is 5. The molecule has 2 heterocycles. The molecule has 0 atom stereocenters. The van der Waals surface area contributed by atoms with E-state index in [-0.39, 0.29) is 5.69 Å². The predicted octanol–water partition coefficient (Wildman–Crippen LogP) is 3.43. The van der Waals surface area contributed by atoms with Gasteiger partial charge in [0.25, 0.3) is 5.69 Å². The van der Waals surface area contributed by atoms with Crippen LogP contribution in [0.4, 0.5) is 17.1 Å². The van der Waals surface area contributed by atoms with E-state index >= 15 is 0 Å². The summed E-state index contributed by atoms with van der Waals surface area (Å²) in [6.07, 6.45) is 3.64. The Morgan fingerprint density at radius 2 is 2.17 bits per heavy atom. The summed E-state index contributed by atoms with van der Waals surface area (Å²) in [5.41, 5.74) is 4.58. The minimum Gasteiger partial charge on any atom is -0.387 e. The first kappa shape index (κ1) is 14.8. The third-order valence-electron chi connectivity index (χ3n) is 3.82. The van der Waals surface area contributed by atoms with Gasteiger partial charge >= 0.3 is 0 Å². The second-order valence-corrected chi connectivity index (χ2v) is 5.26. The molecular formula is C16H17N5O2. The molecule has 0 amide bonds. The summed E-state index contributed by atoms with van der Waals surface area (Å²) in [5, 5.41) is 18.4. The number of nitrogens with zero attached hydrogens (tertiary/aromatic N) is 2. The molecule has 0 fully saturated rings. The zero-order chi connectivity index (χ0) is 16.4. The average Bonchev–Trinajstić information content (AvgIpc) is 3.01. The number of nitro groups is 1. The predicted molar refractivity (Wildman–Crippen MR) is 90.8 cm³/mol. The number of non-ortho nitro benzene ring substituents is 1. The summed E-state index contributed by atoms with van der Waals surface area (Å²) in [6.45, 7) is 2.44. The summed E-state index contributed by atoms with van der Waals surface area (Å²) < 4.78 is 0. The Bertz CT molecular complexity index is 872. The van der Waals surface area contributed by atoms with Crippen LogP contribution >= 0.6 is 0 Å². The van der Waals surface area contributed by atoms with Crippen molar-refractivity contribution in [2.45, 2.75) is 13.5 Å². The molecule has 2 aromatic heterocycles. The molecule has 3 aromatic rings. The maximum atomic E-state index is 10.9. The quantitative estimate of drug-likeness (QED) is 0.495. The number of aryl methyl sites for hydroxylation is 1. The molecule has 118 valence electrons. The van der Waals surface area contributed by atoms with Crippen LogP contribution in [0.2, 0.25) is 0 Å². The fraction of sp³-hybridized carbons (Fsp3) is 0.188. The number of aromatic nitrogens is 2. The lowest BCUT2D eigenvalue weighted by atomic mass is 10.1. The second-order valence-electron chi connectivity index (χ2n) is 5.26. The number of hydrogen-bond donors (Lipinski definition) is 3. The SMILES string of the molecule is CNc1c(CNc2cc([N+](=O)[O-])ccc2C)cnc2[nH]ccc12. The van der Waals surface area contributed by atoms with Crippen LogP contribution in [0.25, 0.3) is 11.0 Å². The van der Waals surface area contributed by atoms with Crippen LogP contribution in [0.3, 0.4) is 0 Å². The average molecular weight is 311 g/mol. The molecule has 23 heavy (non-hydrogen) atoms. The molecule has 3 rings (SSSR count). The molecule has 1 aromatic carbocycles. The van der Waals surface area contributed by atoms with Crippen molar-refractivity contribution in [3.63, 3.8) is 0 Å². The third kappa shape index (κ3) is 2.80. The maximum absolute atomic E-state index is 10.9. The highest BCUT2D eigenvalue weighted by molar-refractivity contribution is 5.91. The van der Waals surface area contributed by atoms with Crippen molar-refractivity contribution >= 4 is 28.1 Å². The van der Waals surface area contributed by atoms with Crippen molar-refractivity contribution in [2.75, 3.05) is 17.7 Å². The van der Waals surface area contributed by atoms with Crippen LogP contribution < -0.4 is 10.6 Å². The van der Waals surface area contributed by atoms with Gasteiger partial charge in [0.1, 0.15) is 5.65 Å². The maximum Gasteiger partial charge on any atom is 0.271 e. The minimum absolute atomic E-state index is 0.0751. The zero-order valence-corrected chi connectivity index (χ0v) is 12.9. The summed E-state index contributed by atoms with van der Waals surface area (Å²) >= 11 is 0. The Morgan fingerprint density at radius 3 is 2.91 bits per heavy atom. The van der Waals surface area contributed by atoms with Crippen molar-refractivity contribution < 1.29 is 4.92 Å². The van der Waals surface area contributed by atoms with Crippen molar-refractivity contribution in [3.8, 4) is 0 Å². The number of H-pyrrole nitrogens is 1. The molecule has 7 heteroatoms. The molecule has 0 radical (unpaired) electrons. The summed E-state index contributed by atoms with van der Waals surface area (Å²) in [5.74, 6) is 0. The molecule has 0 spiro atoms. The van der Waals surface area contributed by atoms with Crippen molar-refractivity contribution in [2.24, 2.45) is 0 Å². The van der Waals surface area contributed by atoms with Crippen LogP contribution in [0.15, 0.2) is 36.7 Å². The Morgan fingerprint density at radius 1 is 1.35 bits per heavy atom. The summed E-state index contributed by atoms with van der Waals surface area (Å²) in [6, 6.07) is 6.77. The van der Waals surface area contributed by atoms with Gasteiger partial charge in [-0.2, -0.15) is 0 Å². The molecular weight excluding hydrogens is 294 g/mol. The number of pyridine rings is 1. The van der Waals surface area contributed by atoms with E-state index in [2.05, 4.69) is 20.6 Å². The van der Waals surface area contributed by atoms with Gasteiger partial charge in [0.15, 0.2) is 0 Å². The lowest BCUT2D eigenvalue weighted by Gasteiger charge is -2.13. The van der Waals surface area contributed by atoms with E-state index in [9.17, 15) is 10.1 Å². The number of anilines is 2. The third-order valence-corrected chi connectivity index (χ3v) is 3.82. The van der Waals surface area contributed by atoms with Gasteiger partial charge in [-0.25, -0.2) is 4.98 Å². The number of fused-ring (bicyclic) bond motifs is 1. The molecule has 3 N–H and O–H groups in total. The van der Waals surface area contributed by atoms with Gasteiger partial charge in [-0.3, -0.25) is 10.1 Å². The van der Waals surface area contributed by atoms with E-state index in [0.717, 1.165) is 33.5 Å². The Balaban J connectivity index is 1.89. The highest BCUT2D eigenvalue weighted by Gasteiger charge is 2.11. The Kier molecular flexibility index (Phi) is 3.84. The van der Waals surface area contributed by atoms with Crippen molar-refractivity contribution in [3.05, 3.63) is 57.9 Å². The van der Waals surface area contributed by atoms with Gasteiger partial charge in [-0.15, -0.1) is 0 Å². The fourth-order valence-electron chi connectivity index (χ4n) is 2.58. The van der Waals surface area contributed by atoms with Crippen LogP contribution in [-0.4, -0.2) is 21.9 Å². The number of aromatic amines is 1. The summed E-state index contributed by atoms with van der Waals surface area (Å²) in [4.78, 5) is 18.0. The normalized spacial score (nSPS) is 10.7. The molecule has 0 saturated heterocycles. The largest absolute Gasteiger partial charge is 0.387 e. The molecule has 0 aliphatic rings. The molecule has 0 bridgehead atoms. The number of rotatable bonds is 5. The second kappa shape index (κ2) is 5.96. The monoisotopic (exact) mass is 311 g/mol. The topological polar surface area (TPSA) is 95.9 Å². The highest BCUT2D eigenvalue weighted by Crippen LogP contribution is 2.27. The standard InChI is InChI=1S/C16H17N5O2/c1-10-3-4-12(21(22)23)7-14(10)19-8-11-9-20-16-13(5-6-18-16)15(11)17-2/h3-7,9,19H,8H2,1-2H3,(H2,17,18,20). The van der Waals surface area contributed by atoms with E-state index < -0.39 is 4.92 Å². The molecule has 7 nitrogen and oxygen atoms in total. The minimum atomic E-state index is -0.392. The lowest BCUT2D eigenvalue weighted by Crippen LogP contribution is -2.05. The first-order valence-electron chi connectivity index (χ1n) is 7.22. The first-order chi connectivity index (χ1) is 11.1. The van der Waals surface area contributed by atoms with Crippen LogP contribution in [0, 0.1) is 17.0 Å². The number of nitro benzene ring substituents is 1. The van der Waals surface area contributed by atoms with E-state index in [1.54, 1.807) is 18.3 Å². The Labute approximate surface area is 132 Å². The van der Waals surface area contributed by atoms with E-state index in [1.165, 1.54) is 6.07 Å². The first-order valence-corrected chi connectivity index (χ1v) is 7.22. The van der Waals surface area contributed by atoms with Gasteiger partial charge in [0.2, 0.25) is 0 Å². The van der Waals surface area contributed by atoms with Crippen LogP contribution in [0.5, 0.6) is 0 Å². The Hall–Kier alpha value is -3.09. The lowest BCUT2D eigenvalue weighted by molar-refractivity contribution is -0.384. The van der Waals surface area contributed by atoms with Crippen molar-refractivity contribution in [1.29, 1.82) is 0 Å². The number of nitrogens with one attached hydrogen (secondary N) is 3. The molecule has 0 saturated carbocycles. The molecule has 0 unspecified atom stereocenters. The van der Waals surface area contributed by atoms with Gasteiger partial charge in [-0.1, -0.05) is 6.07 Å². The zero-order valence-electron chi connectivity index (χ0n) is 12.9. The van der Waals surface area contributed by atoms with E-state index in [0.29, 0.717) is 6.54 Å². The van der Waals surface area contributed by atoms with Gasteiger partial charge in [0.05, 0.1) is 10.6 Å².